The average Bonchev–Trinajstić information content (AvgIpc) is 2.75. The summed E-state index contributed by atoms with van der Waals surface area (Å²) in [6, 6.07) is 31.7. The van der Waals surface area contributed by atoms with Crippen LogP contribution in [0, 0.1) is 6.92 Å². The van der Waals surface area contributed by atoms with Crippen molar-refractivity contribution < 1.29 is 0 Å². The molecule has 0 amide bonds. The molecule has 4 rings (SSSR count). The maximum Gasteiger partial charge on any atom is 0.0670 e. The van der Waals surface area contributed by atoms with E-state index in [1.165, 1.54) is 22.4 Å². The summed E-state index contributed by atoms with van der Waals surface area (Å²) < 4.78 is 0. The highest BCUT2D eigenvalue weighted by Crippen LogP contribution is 2.35. The van der Waals surface area contributed by atoms with Crippen LogP contribution in [-0.4, -0.2) is 24.5 Å². The zero-order valence-electron chi connectivity index (χ0n) is 17.0. The average molecular weight is 371 g/mol. The monoisotopic (exact) mass is 370 g/mol. The summed E-state index contributed by atoms with van der Waals surface area (Å²) >= 11 is 0. The van der Waals surface area contributed by atoms with Gasteiger partial charge in [0.1, 0.15) is 0 Å². The van der Waals surface area contributed by atoms with E-state index in [0.717, 1.165) is 26.1 Å². The topological polar surface area (TPSA) is 6.48 Å². The molecule has 0 aromatic heterocycles. The van der Waals surface area contributed by atoms with Gasteiger partial charge in [-0.05, 0) is 36.6 Å². The molecule has 3 aromatic carbocycles. The van der Waals surface area contributed by atoms with Crippen molar-refractivity contribution in [2.24, 2.45) is 0 Å². The van der Waals surface area contributed by atoms with Crippen molar-refractivity contribution in [3.63, 3.8) is 0 Å². The third-order valence-electron chi connectivity index (χ3n) is 5.94. The van der Waals surface area contributed by atoms with Gasteiger partial charge in [0.05, 0.1) is 6.04 Å². The summed E-state index contributed by atoms with van der Waals surface area (Å²) in [5, 5.41) is 0. The van der Waals surface area contributed by atoms with Crippen LogP contribution in [0.15, 0.2) is 84.9 Å². The molecule has 1 fully saturated rings. The minimum absolute atomic E-state index is 0.371. The van der Waals surface area contributed by atoms with Gasteiger partial charge in [0, 0.05) is 31.4 Å². The van der Waals surface area contributed by atoms with E-state index in [9.17, 15) is 0 Å². The fraction of sp³-hybridized carbons (Fsp3) is 0.308. The third-order valence-corrected chi connectivity index (χ3v) is 5.94. The van der Waals surface area contributed by atoms with Gasteiger partial charge in [-0.2, -0.15) is 0 Å². The van der Waals surface area contributed by atoms with Gasteiger partial charge in [0.2, 0.25) is 0 Å². The Morgan fingerprint density at radius 2 is 1.57 bits per heavy atom. The number of hydrogen-bond donors (Lipinski definition) is 0. The van der Waals surface area contributed by atoms with Gasteiger partial charge in [0.15, 0.2) is 0 Å². The van der Waals surface area contributed by atoms with Crippen LogP contribution in [0.3, 0.4) is 0 Å². The zero-order chi connectivity index (χ0) is 19.3. The summed E-state index contributed by atoms with van der Waals surface area (Å²) in [5.41, 5.74) is 5.51. The van der Waals surface area contributed by atoms with Gasteiger partial charge >= 0.3 is 0 Å². The maximum atomic E-state index is 2.69. The lowest BCUT2D eigenvalue weighted by molar-refractivity contribution is 0.156. The molecule has 2 nitrogen and oxygen atoms in total. The molecular weight excluding hydrogens is 340 g/mol. The lowest BCUT2D eigenvalue weighted by Crippen LogP contribution is -2.49. The normalized spacial score (nSPS) is 18.8. The Balaban J connectivity index is 1.64. The highest BCUT2D eigenvalue weighted by Gasteiger charge is 2.31. The molecule has 144 valence electrons. The minimum Gasteiger partial charge on any atom is -0.362 e. The molecule has 3 aromatic rings. The van der Waals surface area contributed by atoms with E-state index in [4.69, 9.17) is 0 Å². The van der Waals surface area contributed by atoms with E-state index in [2.05, 4.69) is 109 Å². The highest BCUT2D eigenvalue weighted by atomic mass is 15.3. The molecule has 2 unspecified atom stereocenters. The Bertz CT molecular complexity index is 875. The molecule has 0 bridgehead atoms. The van der Waals surface area contributed by atoms with Crippen molar-refractivity contribution in [3.05, 3.63) is 102 Å². The van der Waals surface area contributed by atoms with E-state index in [1.54, 1.807) is 0 Å². The smallest absolute Gasteiger partial charge is 0.0670 e. The third kappa shape index (κ3) is 3.98. The number of para-hydroxylation sites is 1. The standard InChI is InChI=1S/C26H30N2/c1-3-25(23-14-10-11-21(2)19-23)27-17-18-28(24-15-8-5-9-16-24)26(20-27)22-12-6-4-7-13-22/h4-16,19,25-26H,3,17-18,20H2,1-2H3. The van der Waals surface area contributed by atoms with Crippen molar-refractivity contribution in [1.29, 1.82) is 0 Å². The first-order valence-corrected chi connectivity index (χ1v) is 10.4. The Morgan fingerprint density at radius 1 is 0.857 bits per heavy atom. The quantitative estimate of drug-likeness (QED) is 0.543. The predicted molar refractivity (Wildman–Crippen MR) is 119 cm³/mol. The van der Waals surface area contributed by atoms with E-state index < -0.39 is 0 Å². The number of anilines is 1. The maximum absolute atomic E-state index is 2.69. The number of benzene rings is 3. The molecular formula is C26H30N2. The van der Waals surface area contributed by atoms with Crippen LogP contribution >= 0.6 is 0 Å². The largest absolute Gasteiger partial charge is 0.362 e. The fourth-order valence-electron chi connectivity index (χ4n) is 4.56. The van der Waals surface area contributed by atoms with E-state index in [-0.39, 0.29) is 0 Å². The molecule has 1 saturated heterocycles. The fourth-order valence-corrected chi connectivity index (χ4v) is 4.56. The second kappa shape index (κ2) is 8.62. The molecule has 0 saturated carbocycles. The summed E-state index contributed by atoms with van der Waals surface area (Å²) in [7, 11) is 0. The van der Waals surface area contributed by atoms with Gasteiger partial charge in [-0.3, -0.25) is 4.90 Å². The van der Waals surface area contributed by atoms with Gasteiger partial charge < -0.3 is 4.90 Å². The number of piperazine rings is 1. The summed E-state index contributed by atoms with van der Waals surface area (Å²) in [6.07, 6.45) is 1.14. The molecule has 2 heteroatoms. The molecule has 2 atom stereocenters. The molecule has 0 radical (unpaired) electrons. The summed E-state index contributed by atoms with van der Waals surface area (Å²) in [5.74, 6) is 0. The molecule has 1 heterocycles. The number of aryl methyl sites for hydroxylation is 1. The van der Waals surface area contributed by atoms with Crippen LogP contribution in [0.5, 0.6) is 0 Å². The Hall–Kier alpha value is -2.58. The lowest BCUT2D eigenvalue weighted by atomic mass is 9.96. The Kier molecular flexibility index (Phi) is 5.78. The van der Waals surface area contributed by atoms with Crippen molar-refractivity contribution in [2.45, 2.75) is 32.4 Å². The first kappa shape index (κ1) is 18.8. The molecule has 0 spiro atoms. The number of nitrogens with zero attached hydrogens (tertiary/aromatic N) is 2. The van der Waals surface area contributed by atoms with Crippen LogP contribution < -0.4 is 4.90 Å². The van der Waals surface area contributed by atoms with Gasteiger partial charge in [-0.25, -0.2) is 0 Å². The highest BCUT2D eigenvalue weighted by molar-refractivity contribution is 5.49. The van der Waals surface area contributed by atoms with Crippen molar-refractivity contribution in [2.75, 3.05) is 24.5 Å². The Morgan fingerprint density at radius 3 is 2.25 bits per heavy atom. The van der Waals surface area contributed by atoms with Gasteiger partial charge in [-0.15, -0.1) is 0 Å². The number of hydrogen-bond acceptors (Lipinski definition) is 2. The molecule has 0 aliphatic carbocycles. The van der Waals surface area contributed by atoms with Crippen LogP contribution in [-0.2, 0) is 0 Å². The van der Waals surface area contributed by atoms with E-state index >= 15 is 0 Å². The first-order valence-electron chi connectivity index (χ1n) is 10.4. The summed E-state index contributed by atoms with van der Waals surface area (Å²) in [6.45, 7) is 7.69. The van der Waals surface area contributed by atoms with E-state index in [1.807, 2.05) is 0 Å². The van der Waals surface area contributed by atoms with Crippen molar-refractivity contribution in [1.82, 2.24) is 4.90 Å². The van der Waals surface area contributed by atoms with Crippen LogP contribution in [0.2, 0.25) is 0 Å². The van der Waals surface area contributed by atoms with Crippen LogP contribution in [0.25, 0.3) is 0 Å². The molecule has 1 aliphatic heterocycles. The molecule has 1 aliphatic rings. The zero-order valence-corrected chi connectivity index (χ0v) is 17.0. The van der Waals surface area contributed by atoms with Crippen molar-refractivity contribution in [3.8, 4) is 0 Å². The second-order valence-corrected chi connectivity index (χ2v) is 7.79. The molecule has 0 N–H and O–H groups in total. The molecule has 28 heavy (non-hydrogen) atoms. The van der Waals surface area contributed by atoms with Crippen LogP contribution in [0.4, 0.5) is 5.69 Å². The van der Waals surface area contributed by atoms with Gasteiger partial charge in [-0.1, -0.05) is 85.3 Å². The second-order valence-electron chi connectivity index (χ2n) is 7.79. The predicted octanol–water partition coefficient (Wildman–Crippen LogP) is 6.01. The van der Waals surface area contributed by atoms with Crippen molar-refractivity contribution >= 4 is 5.69 Å². The number of rotatable bonds is 5. The van der Waals surface area contributed by atoms with E-state index in [0.29, 0.717) is 12.1 Å². The minimum atomic E-state index is 0.371. The summed E-state index contributed by atoms with van der Waals surface area (Å²) in [4.78, 5) is 5.26. The first-order chi connectivity index (χ1) is 13.8. The van der Waals surface area contributed by atoms with Gasteiger partial charge in [0.25, 0.3) is 0 Å². The Labute approximate surface area is 169 Å². The SMILES string of the molecule is CCC(c1cccc(C)c1)N1CCN(c2ccccc2)C(c2ccccc2)C1. The van der Waals surface area contributed by atoms with Crippen LogP contribution in [0.1, 0.15) is 42.1 Å². The lowest BCUT2D eigenvalue weighted by Gasteiger charge is -2.46.